The standard InChI is InChI=1S/C34H40N4O7S/c1-21-4-3-14-35-28(21)20-38-19-24-17-29(38)34(41)36-18-32-30(39)12-8-25(45-32)13-15-44-31-16-23(7-11-27(31)33(40)37-24)22-5-9-26(10-6-22)46(2,42)43/h3-7,9-11,14,16,24-25,29-30,32,39H,8,12-13,15,17-20H2,1-2H3,(H,36,41)(H,37,40)/t24-,25-,29-,30-,32+/m0/s1. The van der Waals surface area contributed by atoms with E-state index in [2.05, 4.69) is 15.6 Å². The van der Waals surface area contributed by atoms with Crippen LogP contribution in [-0.4, -0.2) is 91.6 Å². The first-order valence-corrected chi connectivity index (χ1v) is 17.6. The number of pyridine rings is 1. The molecule has 4 bridgehead atoms. The van der Waals surface area contributed by atoms with Gasteiger partial charge in [-0.3, -0.25) is 19.5 Å². The number of fused-ring (bicyclic) bond motifs is 5. The average molecular weight is 649 g/mol. The van der Waals surface area contributed by atoms with E-state index in [0.717, 1.165) is 22.4 Å². The Hall–Kier alpha value is -3.84. The first kappa shape index (κ1) is 32.1. The number of sulfone groups is 1. The highest BCUT2D eigenvalue weighted by molar-refractivity contribution is 7.90. The smallest absolute Gasteiger partial charge is 0.255 e. The van der Waals surface area contributed by atoms with Gasteiger partial charge in [0.25, 0.3) is 5.91 Å². The van der Waals surface area contributed by atoms with E-state index in [-0.39, 0.29) is 42.0 Å². The lowest BCUT2D eigenvalue weighted by atomic mass is 9.99. The van der Waals surface area contributed by atoms with Crippen molar-refractivity contribution in [2.45, 2.75) is 74.4 Å². The minimum absolute atomic E-state index is 0.175. The predicted octanol–water partition coefficient (Wildman–Crippen LogP) is 2.64. The fraction of sp³-hybridized carbons (Fsp3) is 0.441. The van der Waals surface area contributed by atoms with Gasteiger partial charge in [0.15, 0.2) is 9.84 Å². The molecule has 0 aliphatic carbocycles. The lowest BCUT2D eigenvalue weighted by molar-refractivity contribution is -0.133. The van der Waals surface area contributed by atoms with E-state index < -0.39 is 28.1 Å². The van der Waals surface area contributed by atoms with Crippen molar-refractivity contribution in [1.29, 1.82) is 0 Å². The Bertz CT molecular complexity index is 1700. The van der Waals surface area contributed by atoms with Crippen LogP contribution in [0.25, 0.3) is 11.1 Å². The molecular formula is C34H40N4O7S. The highest BCUT2D eigenvalue weighted by Gasteiger charge is 2.39. The zero-order chi connectivity index (χ0) is 32.4. The Balaban J connectivity index is 1.30. The number of ether oxygens (including phenoxy) is 2. The summed E-state index contributed by atoms with van der Waals surface area (Å²) in [4.78, 5) is 34.1. The van der Waals surface area contributed by atoms with Gasteiger partial charge in [-0.15, -0.1) is 0 Å². The molecule has 5 atom stereocenters. The number of carbonyl (C=O) groups is 2. The summed E-state index contributed by atoms with van der Waals surface area (Å²) in [6.07, 6.45) is 3.64. The number of carbonyl (C=O) groups excluding carboxylic acids is 2. The molecule has 11 nitrogen and oxygen atoms in total. The second kappa shape index (κ2) is 13.5. The molecular weight excluding hydrogens is 608 g/mol. The molecule has 0 unspecified atom stereocenters. The van der Waals surface area contributed by atoms with Crippen LogP contribution < -0.4 is 15.4 Å². The van der Waals surface area contributed by atoms with E-state index in [1.807, 2.05) is 30.0 Å². The average Bonchev–Trinajstić information content (AvgIpc) is 3.43. The fourth-order valence-corrected chi connectivity index (χ4v) is 7.09. The number of hydrogen-bond donors (Lipinski definition) is 3. The van der Waals surface area contributed by atoms with Gasteiger partial charge in [0.2, 0.25) is 5.91 Å². The van der Waals surface area contributed by atoms with Crippen LogP contribution in [0, 0.1) is 6.92 Å². The summed E-state index contributed by atoms with van der Waals surface area (Å²) in [5.41, 5.74) is 3.80. The Morgan fingerprint density at radius 2 is 1.83 bits per heavy atom. The van der Waals surface area contributed by atoms with Gasteiger partial charge in [0.1, 0.15) is 11.9 Å². The minimum atomic E-state index is -3.34. The van der Waals surface area contributed by atoms with Gasteiger partial charge in [-0.2, -0.15) is 0 Å². The molecule has 2 saturated heterocycles. The lowest BCUT2D eigenvalue weighted by Crippen LogP contribution is -2.50. The van der Waals surface area contributed by atoms with E-state index in [4.69, 9.17) is 9.47 Å². The molecule has 3 aliphatic rings. The van der Waals surface area contributed by atoms with Gasteiger partial charge in [0.05, 0.1) is 41.0 Å². The first-order valence-electron chi connectivity index (χ1n) is 15.7. The normalized spacial score (nSPS) is 26.0. The van der Waals surface area contributed by atoms with Crippen molar-refractivity contribution in [3.63, 3.8) is 0 Å². The summed E-state index contributed by atoms with van der Waals surface area (Å²) in [6.45, 7) is 3.34. The van der Waals surface area contributed by atoms with Crippen LogP contribution in [0.1, 0.15) is 47.3 Å². The van der Waals surface area contributed by atoms with Crippen LogP contribution in [0.3, 0.4) is 0 Å². The number of likely N-dealkylation sites (tertiary alicyclic amines) is 1. The van der Waals surface area contributed by atoms with Crippen molar-refractivity contribution < 1.29 is 32.6 Å². The Morgan fingerprint density at radius 1 is 1.04 bits per heavy atom. The molecule has 3 aromatic rings. The van der Waals surface area contributed by atoms with Crippen molar-refractivity contribution in [1.82, 2.24) is 20.5 Å². The number of rotatable bonds is 4. The summed E-state index contributed by atoms with van der Waals surface area (Å²) in [6, 6.07) is 15.0. The maximum atomic E-state index is 13.8. The largest absolute Gasteiger partial charge is 0.493 e. The molecule has 2 amide bonds. The van der Waals surface area contributed by atoms with Crippen molar-refractivity contribution >= 4 is 21.7 Å². The van der Waals surface area contributed by atoms with Crippen LogP contribution in [0.15, 0.2) is 65.7 Å². The Morgan fingerprint density at radius 3 is 2.59 bits per heavy atom. The van der Waals surface area contributed by atoms with E-state index >= 15 is 0 Å². The van der Waals surface area contributed by atoms with Crippen molar-refractivity contribution in [2.24, 2.45) is 0 Å². The third-order valence-electron chi connectivity index (χ3n) is 9.11. The molecule has 2 aromatic carbocycles. The quantitative estimate of drug-likeness (QED) is 0.389. The number of aryl methyl sites for hydroxylation is 1. The van der Waals surface area contributed by atoms with Crippen LogP contribution in [-0.2, 0) is 25.9 Å². The van der Waals surface area contributed by atoms with Crippen molar-refractivity contribution in [3.8, 4) is 16.9 Å². The number of aliphatic hydroxyl groups excluding tert-OH is 1. The Labute approximate surface area is 269 Å². The van der Waals surface area contributed by atoms with E-state index in [1.165, 1.54) is 6.26 Å². The molecule has 12 heteroatoms. The van der Waals surface area contributed by atoms with Gasteiger partial charge in [-0.05, 0) is 73.2 Å². The molecule has 244 valence electrons. The van der Waals surface area contributed by atoms with Crippen LogP contribution in [0.4, 0.5) is 0 Å². The zero-order valence-corrected chi connectivity index (χ0v) is 26.8. The second-order valence-electron chi connectivity index (χ2n) is 12.4. The number of amides is 2. The zero-order valence-electron chi connectivity index (χ0n) is 26.0. The summed E-state index contributed by atoms with van der Waals surface area (Å²) in [5.74, 6) is -0.0845. The summed E-state index contributed by atoms with van der Waals surface area (Å²) >= 11 is 0. The molecule has 1 aromatic heterocycles. The second-order valence-corrected chi connectivity index (χ2v) is 14.5. The number of nitrogens with zero attached hydrogens (tertiary/aromatic N) is 2. The van der Waals surface area contributed by atoms with Gasteiger partial charge in [-0.1, -0.05) is 24.3 Å². The summed E-state index contributed by atoms with van der Waals surface area (Å²) in [7, 11) is -3.34. The van der Waals surface area contributed by atoms with Crippen molar-refractivity contribution in [3.05, 3.63) is 77.6 Å². The molecule has 2 fully saturated rings. The molecule has 0 spiro atoms. The molecule has 3 N–H and O–H groups in total. The van der Waals surface area contributed by atoms with Gasteiger partial charge >= 0.3 is 0 Å². The number of benzene rings is 2. The Kier molecular flexibility index (Phi) is 9.42. The molecule has 3 aliphatic heterocycles. The van der Waals surface area contributed by atoms with Crippen LogP contribution in [0.2, 0.25) is 0 Å². The SMILES string of the molecule is Cc1cccnc1CN1C[C@@H]2C[C@H]1C(=O)NC[C@H]1O[C@H](CCOc3cc(-c4ccc(S(C)(=O)=O)cc4)ccc3C(=O)N2)CC[C@@H]1O. The monoisotopic (exact) mass is 648 g/mol. The first-order chi connectivity index (χ1) is 22.0. The molecule has 46 heavy (non-hydrogen) atoms. The van der Waals surface area contributed by atoms with E-state index in [9.17, 15) is 23.1 Å². The molecule has 6 rings (SSSR count). The lowest BCUT2D eigenvalue weighted by Gasteiger charge is -2.34. The number of aromatic nitrogens is 1. The highest BCUT2D eigenvalue weighted by atomic mass is 32.2. The van der Waals surface area contributed by atoms with E-state index in [0.29, 0.717) is 50.1 Å². The third kappa shape index (κ3) is 7.25. The summed E-state index contributed by atoms with van der Waals surface area (Å²) in [5, 5.41) is 16.8. The van der Waals surface area contributed by atoms with Gasteiger partial charge in [0, 0.05) is 44.5 Å². The summed E-state index contributed by atoms with van der Waals surface area (Å²) < 4.78 is 36.4. The van der Waals surface area contributed by atoms with Crippen molar-refractivity contribution in [2.75, 3.05) is 26.0 Å². The number of hydrogen-bond acceptors (Lipinski definition) is 9. The predicted molar refractivity (Wildman–Crippen MR) is 171 cm³/mol. The molecule has 0 saturated carbocycles. The van der Waals surface area contributed by atoms with Crippen LogP contribution in [0.5, 0.6) is 5.75 Å². The number of aliphatic hydroxyl groups is 1. The molecule has 0 radical (unpaired) electrons. The maximum Gasteiger partial charge on any atom is 0.255 e. The third-order valence-corrected chi connectivity index (χ3v) is 10.2. The fourth-order valence-electron chi connectivity index (χ4n) is 6.46. The van der Waals surface area contributed by atoms with Gasteiger partial charge < -0.3 is 25.2 Å². The van der Waals surface area contributed by atoms with E-state index in [1.54, 1.807) is 42.6 Å². The maximum absolute atomic E-state index is 13.8. The van der Waals surface area contributed by atoms with Crippen LogP contribution >= 0.6 is 0 Å². The van der Waals surface area contributed by atoms with Gasteiger partial charge in [-0.25, -0.2) is 8.42 Å². The topological polar surface area (TPSA) is 147 Å². The highest BCUT2D eigenvalue weighted by Crippen LogP contribution is 2.31. The minimum Gasteiger partial charge on any atom is -0.493 e. The number of nitrogens with one attached hydrogen (secondary N) is 2. The molecule has 4 heterocycles.